The molecule has 0 bridgehead atoms. The van der Waals surface area contributed by atoms with Crippen LogP contribution in [-0.2, 0) is 0 Å². The number of halogens is 2. The summed E-state index contributed by atoms with van der Waals surface area (Å²) in [6.45, 7) is 0. The first-order chi connectivity index (χ1) is 6.74. The van der Waals surface area contributed by atoms with Crippen LogP contribution in [0.1, 0.15) is 0 Å². The lowest BCUT2D eigenvalue weighted by Gasteiger charge is -2.06. The number of ether oxygens (including phenoxy) is 1. The van der Waals surface area contributed by atoms with E-state index in [0.29, 0.717) is 16.7 Å². The molecule has 1 heterocycles. The lowest BCUT2D eigenvalue weighted by atomic mass is 10.2. The molecule has 72 valence electrons. The molecule has 1 aromatic carbocycles. The molecule has 1 aromatic heterocycles. The largest absolute Gasteiger partial charge is 0.496 e. The van der Waals surface area contributed by atoms with Gasteiger partial charge in [0, 0.05) is 6.20 Å². The Labute approximate surface area is 85.3 Å². The van der Waals surface area contributed by atoms with Gasteiger partial charge in [-0.3, -0.25) is 4.98 Å². The summed E-state index contributed by atoms with van der Waals surface area (Å²) in [5.41, 5.74) is 0.621. The average Bonchev–Trinajstić information content (AvgIpc) is 2.23. The quantitative estimate of drug-likeness (QED) is 0.723. The zero-order chi connectivity index (χ0) is 10.1. The molecule has 14 heavy (non-hydrogen) atoms. The SMILES string of the molecule is COc1ccnc2ccc(F)c(Cl)c12. The van der Waals surface area contributed by atoms with Gasteiger partial charge in [0.1, 0.15) is 11.6 Å². The number of pyridine rings is 1. The van der Waals surface area contributed by atoms with E-state index in [1.807, 2.05) is 0 Å². The summed E-state index contributed by atoms with van der Waals surface area (Å²) in [7, 11) is 1.51. The summed E-state index contributed by atoms with van der Waals surface area (Å²) >= 11 is 5.81. The number of rotatable bonds is 1. The van der Waals surface area contributed by atoms with Crippen molar-refractivity contribution in [2.75, 3.05) is 7.11 Å². The third-order valence-electron chi connectivity index (χ3n) is 1.98. The zero-order valence-electron chi connectivity index (χ0n) is 7.42. The van der Waals surface area contributed by atoms with Crippen molar-refractivity contribution in [1.29, 1.82) is 0 Å². The molecule has 0 aliphatic rings. The van der Waals surface area contributed by atoms with Crippen LogP contribution in [0.15, 0.2) is 24.4 Å². The standard InChI is InChI=1S/C10H7ClFNO/c1-14-8-4-5-13-7-3-2-6(12)10(11)9(7)8/h2-5H,1H3. The Bertz CT molecular complexity index is 487. The highest BCUT2D eigenvalue weighted by molar-refractivity contribution is 6.36. The molecule has 0 aliphatic carbocycles. The second-order valence-electron chi connectivity index (χ2n) is 2.77. The van der Waals surface area contributed by atoms with Crippen LogP contribution in [0.4, 0.5) is 4.39 Å². The van der Waals surface area contributed by atoms with E-state index in [1.54, 1.807) is 18.3 Å². The molecule has 4 heteroatoms. The van der Waals surface area contributed by atoms with E-state index in [4.69, 9.17) is 16.3 Å². The predicted octanol–water partition coefficient (Wildman–Crippen LogP) is 3.04. The summed E-state index contributed by atoms with van der Waals surface area (Å²) in [5.74, 6) is 0.0602. The van der Waals surface area contributed by atoms with Gasteiger partial charge in [-0.05, 0) is 18.2 Å². The molecule has 0 aliphatic heterocycles. The van der Waals surface area contributed by atoms with Gasteiger partial charge in [-0.15, -0.1) is 0 Å². The minimum absolute atomic E-state index is 0.0486. The lowest BCUT2D eigenvalue weighted by molar-refractivity contribution is 0.419. The maximum atomic E-state index is 13.1. The van der Waals surface area contributed by atoms with E-state index < -0.39 is 5.82 Å². The van der Waals surface area contributed by atoms with Gasteiger partial charge in [0.15, 0.2) is 0 Å². The second kappa shape index (κ2) is 3.42. The molecule has 0 fully saturated rings. The van der Waals surface area contributed by atoms with Gasteiger partial charge in [0.05, 0.1) is 23.0 Å². The molecule has 0 atom stereocenters. The van der Waals surface area contributed by atoms with Gasteiger partial charge in [-0.2, -0.15) is 0 Å². The summed E-state index contributed by atoms with van der Waals surface area (Å²) in [5, 5.41) is 0.559. The zero-order valence-corrected chi connectivity index (χ0v) is 8.18. The summed E-state index contributed by atoms with van der Waals surface area (Å²) < 4.78 is 18.2. The Hall–Kier alpha value is -1.35. The van der Waals surface area contributed by atoms with E-state index in [2.05, 4.69) is 4.98 Å². The van der Waals surface area contributed by atoms with Crippen LogP contribution in [0, 0.1) is 5.82 Å². The number of fused-ring (bicyclic) bond motifs is 1. The van der Waals surface area contributed by atoms with Gasteiger partial charge in [-0.1, -0.05) is 11.6 Å². The third kappa shape index (κ3) is 1.30. The van der Waals surface area contributed by atoms with Crippen LogP contribution in [0.3, 0.4) is 0 Å². The fourth-order valence-electron chi connectivity index (χ4n) is 1.32. The maximum absolute atomic E-state index is 13.1. The first-order valence-electron chi connectivity index (χ1n) is 4.00. The van der Waals surface area contributed by atoms with Gasteiger partial charge in [-0.25, -0.2) is 4.39 Å². The number of benzene rings is 1. The Morgan fingerprint density at radius 1 is 1.36 bits per heavy atom. The van der Waals surface area contributed by atoms with Gasteiger partial charge < -0.3 is 4.74 Å². The number of methoxy groups -OCH3 is 1. The van der Waals surface area contributed by atoms with Crippen LogP contribution in [0.2, 0.25) is 5.02 Å². The van der Waals surface area contributed by atoms with Crippen LogP contribution >= 0.6 is 11.6 Å². The van der Waals surface area contributed by atoms with E-state index in [0.717, 1.165) is 0 Å². The molecule has 0 N–H and O–H groups in total. The molecule has 0 saturated heterocycles. The highest BCUT2D eigenvalue weighted by atomic mass is 35.5. The molecule has 0 spiro atoms. The molecule has 0 saturated carbocycles. The maximum Gasteiger partial charge on any atom is 0.142 e. The predicted molar refractivity (Wildman–Crippen MR) is 53.3 cm³/mol. The van der Waals surface area contributed by atoms with Crippen LogP contribution < -0.4 is 4.74 Å². The van der Waals surface area contributed by atoms with Crippen molar-refractivity contribution in [3.05, 3.63) is 35.2 Å². The molecule has 2 nitrogen and oxygen atoms in total. The van der Waals surface area contributed by atoms with Crippen molar-refractivity contribution in [1.82, 2.24) is 4.98 Å². The summed E-state index contributed by atoms with van der Waals surface area (Å²) in [6, 6.07) is 4.50. The second-order valence-corrected chi connectivity index (χ2v) is 3.15. The topological polar surface area (TPSA) is 22.1 Å². The normalized spacial score (nSPS) is 10.5. The van der Waals surface area contributed by atoms with Crippen LogP contribution in [0.5, 0.6) is 5.75 Å². The Balaban J connectivity index is 2.89. The molecule has 0 amide bonds. The Morgan fingerprint density at radius 2 is 2.14 bits per heavy atom. The molecular weight excluding hydrogens is 205 g/mol. The van der Waals surface area contributed by atoms with Crippen molar-refractivity contribution in [2.24, 2.45) is 0 Å². The highest BCUT2D eigenvalue weighted by Gasteiger charge is 2.10. The number of nitrogens with zero attached hydrogens (tertiary/aromatic N) is 1. The monoisotopic (exact) mass is 211 g/mol. The highest BCUT2D eigenvalue weighted by Crippen LogP contribution is 2.32. The molecule has 0 unspecified atom stereocenters. The van der Waals surface area contributed by atoms with Crippen molar-refractivity contribution >= 4 is 22.5 Å². The lowest BCUT2D eigenvalue weighted by Crippen LogP contribution is -1.89. The van der Waals surface area contributed by atoms with Crippen LogP contribution in [0.25, 0.3) is 10.9 Å². The van der Waals surface area contributed by atoms with Crippen molar-refractivity contribution in [3.8, 4) is 5.75 Å². The summed E-state index contributed by atoms with van der Waals surface area (Å²) in [6.07, 6.45) is 1.59. The van der Waals surface area contributed by atoms with Gasteiger partial charge >= 0.3 is 0 Å². The molecule has 0 radical (unpaired) electrons. The van der Waals surface area contributed by atoms with Gasteiger partial charge in [0.2, 0.25) is 0 Å². The number of aromatic nitrogens is 1. The average molecular weight is 212 g/mol. The number of hydrogen-bond donors (Lipinski definition) is 0. The first-order valence-corrected chi connectivity index (χ1v) is 4.38. The summed E-state index contributed by atoms with van der Waals surface area (Å²) in [4.78, 5) is 4.06. The molecular formula is C10H7ClFNO. The Kier molecular flexibility index (Phi) is 2.25. The molecule has 2 rings (SSSR count). The molecule has 2 aromatic rings. The Morgan fingerprint density at radius 3 is 2.86 bits per heavy atom. The number of hydrogen-bond acceptors (Lipinski definition) is 2. The van der Waals surface area contributed by atoms with Crippen molar-refractivity contribution in [2.45, 2.75) is 0 Å². The first kappa shape index (κ1) is 9.21. The van der Waals surface area contributed by atoms with Crippen molar-refractivity contribution < 1.29 is 9.13 Å². The van der Waals surface area contributed by atoms with E-state index in [9.17, 15) is 4.39 Å². The smallest absolute Gasteiger partial charge is 0.142 e. The fourth-order valence-corrected chi connectivity index (χ4v) is 1.57. The fraction of sp³-hybridized carbons (Fsp3) is 0.100. The minimum atomic E-state index is -0.467. The van der Waals surface area contributed by atoms with E-state index >= 15 is 0 Å². The van der Waals surface area contributed by atoms with Crippen LogP contribution in [-0.4, -0.2) is 12.1 Å². The van der Waals surface area contributed by atoms with E-state index in [1.165, 1.54) is 13.2 Å². The third-order valence-corrected chi connectivity index (χ3v) is 2.35. The minimum Gasteiger partial charge on any atom is -0.496 e. The van der Waals surface area contributed by atoms with E-state index in [-0.39, 0.29) is 5.02 Å². The van der Waals surface area contributed by atoms with Crippen molar-refractivity contribution in [3.63, 3.8) is 0 Å². The van der Waals surface area contributed by atoms with Gasteiger partial charge in [0.25, 0.3) is 0 Å².